The van der Waals surface area contributed by atoms with Crippen LogP contribution >= 0.6 is 22.9 Å². The first-order valence-electron chi connectivity index (χ1n) is 6.43. The van der Waals surface area contributed by atoms with Crippen molar-refractivity contribution in [2.45, 2.75) is 18.7 Å². The normalized spacial score (nSPS) is 20.8. The third-order valence-corrected chi connectivity index (χ3v) is 4.66. The Labute approximate surface area is 124 Å². The van der Waals surface area contributed by atoms with Gasteiger partial charge in [0.25, 0.3) is 0 Å². The molecule has 3 aromatic rings. The highest BCUT2D eigenvalue weighted by molar-refractivity contribution is 7.09. The van der Waals surface area contributed by atoms with Crippen molar-refractivity contribution in [3.63, 3.8) is 0 Å². The number of nitrogens with zero attached hydrogens (tertiary/aromatic N) is 1. The van der Waals surface area contributed by atoms with Crippen LogP contribution in [0.25, 0.3) is 23.1 Å². The van der Waals surface area contributed by atoms with E-state index in [1.165, 1.54) is 0 Å². The Balaban J connectivity index is 2.45. The summed E-state index contributed by atoms with van der Waals surface area (Å²) in [7, 11) is 0. The van der Waals surface area contributed by atoms with Crippen molar-refractivity contribution in [1.82, 2.24) is 4.98 Å². The number of thiazole rings is 1. The van der Waals surface area contributed by atoms with Gasteiger partial charge in [0.2, 0.25) is 0 Å². The lowest BCUT2D eigenvalue weighted by atomic mass is 10.1. The summed E-state index contributed by atoms with van der Waals surface area (Å²) < 4.78 is 7.13. The van der Waals surface area contributed by atoms with E-state index in [1.807, 2.05) is 44.2 Å². The molecule has 0 radical (unpaired) electrons. The maximum absolute atomic E-state index is 6.56. The van der Waals surface area contributed by atoms with Crippen LogP contribution in [-0.2, 0) is 0 Å². The van der Waals surface area contributed by atoms with E-state index in [1.54, 1.807) is 11.3 Å². The first-order chi connectivity index (χ1) is 9.53. The maximum atomic E-state index is 6.56. The molecule has 0 saturated carbocycles. The molecule has 0 saturated heterocycles. The number of benzene rings is 1. The van der Waals surface area contributed by atoms with E-state index in [0.29, 0.717) is 0 Å². The zero-order valence-electron chi connectivity index (χ0n) is 11.1. The number of aromatic nitrogens is 1. The lowest BCUT2D eigenvalue weighted by Crippen LogP contribution is -2.16. The lowest BCUT2D eigenvalue weighted by Gasteiger charge is -2.08. The maximum Gasteiger partial charge on any atom is 0.135 e. The summed E-state index contributed by atoms with van der Waals surface area (Å²) in [6, 6.07) is 8.08. The van der Waals surface area contributed by atoms with E-state index in [9.17, 15) is 0 Å². The molecule has 4 rings (SSSR count). The number of hydrogen-bond donors (Lipinski definition) is 0. The largest absolute Gasteiger partial charge is 0.456 e. The molecule has 20 heavy (non-hydrogen) atoms. The Bertz CT molecular complexity index is 1040. The van der Waals surface area contributed by atoms with Gasteiger partial charge in [0, 0.05) is 10.6 Å². The fourth-order valence-electron chi connectivity index (χ4n) is 2.69. The molecule has 0 aliphatic heterocycles. The fraction of sp³-hybridized carbons (Fsp3) is 0.188. The number of hydrogen-bond acceptors (Lipinski definition) is 3. The predicted molar refractivity (Wildman–Crippen MR) is 83.2 cm³/mol. The fourth-order valence-corrected chi connectivity index (χ4v) is 3.85. The molecule has 2 heterocycles. The number of rotatable bonds is 0. The number of alkyl halides is 1. The number of halogens is 1. The monoisotopic (exact) mass is 301 g/mol. The summed E-state index contributed by atoms with van der Waals surface area (Å²) in [4.78, 5) is 4.02. The van der Waals surface area contributed by atoms with Crippen LogP contribution in [0.2, 0.25) is 0 Å². The summed E-state index contributed by atoms with van der Waals surface area (Å²) in [6.45, 7) is 3.97. The Morgan fingerprint density at radius 1 is 1.25 bits per heavy atom. The quantitative estimate of drug-likeness (QED) is 0.597. The number of furan rings is 1. The second-order valence-corrected chi connectivity index (χ2v) is 7.24. The smallest absolute Gasteiger partial charge is 0.135 e. The Kier molecular flexibility index (Phi) is 2.41. The van der Waals surface area contributed by atoms with Gasteiger partial charge in [-0.15, -0.1) is 22.9 Å². The first kappa shape index (κ1) is 12.2. The van der Waals surface area contributed by atoms with Gasteiger partial charge in [0.15, 0.2) is 0 Å². The van der Waals surface area contributed by atoms with E-state index in [0.717, 1.165) is 36.5 Å². The zero-order valence-corrected chi connectivity index (χ0v) is 12.7. The van der Waals surface area contributed by atoms with E-state index in [2.05, 4.69) is 11.1 Å². The average molecular weight is 302 g/mol. The topological polar surface area (TPSA) is 26.0 Å². The van der Waals surface area contributed by atoms with Gasteiger partial charge in [-0.3, -0.25) is 0 Å². The molecule has 4 heteroatoms. The van der Waals surface area contributed by atoms with Crippen molar-refractivity contribution in [3.05, 3.63) is 49.8 Å². The molecule has 0 bridgehead atoms. The summed E-state index contributed by atoms with van der Waals surface area (Å²) in [5, 5.41) is 4.22. The minimum Gasteiger partial charge on any atom is -0.456 e. The van der Waals surface area contributed by atoms with E-state index in [-0.39, 0.29) is 0 Å². The summed E-state index contributed by atoms with van der Waals surface area (Å²) in [6.07, 6.45) is 3.96. The Morgan fingerprint density at radius 2 is 2.05 bits per heavy atom. The van der Waals surface area contributed by atoms with Crippen LogP contribution in [0.5, 0.6) is 0 Å². The highest BCUT2D eigenvalue weighted by Crippen LogP contribution is 2.22. The molecule has 100 valence electrons. The minimum atomic E-state index is -0.589. The first-order valence-corrected chi connectivity index (χ1v) is 7.63. The SMILES string of the molecule is Cc1nc2c(s1)=c1c(oc3ccccc13)=CC(C)(Cl)C=2. The van der Waals surface area contributed by atoms with Crippen LogP contribution < -0.4 is 10.8 Å². The molecule has 2 aromatic heterocycles. The van der Waals surface area contributed by atoms with Gasteiger partial charge in [-0.1, -0.05) is 18.2 Å². The molecular formula is C16H12ClNOS. The van der Waals surface area contributed by atoms with Crippen LogP contribution in [-0.4, -0.2) is 9.86 Å². The Morgan fingerprint density at radius 3 is 2.90 bits per heavy atom. The van der Waals surface area contributed by atoms with Crippen molar-refractivity contribution in [2.24, 2.45) is 0 Å². The zero-order chi connectivity index (χ0) is 13.9. The molecule has 1 unspecified atom stereocenters. The molecule has 2 nitrogen and oxygen atoms in total. The lowest BCUT2D eigenvalue weighted by molar-refractivity contribution is 0.573. The minimum absolute atomic E-state index is 0.589. The van der Waals surface area contributed by atoms with Gasteiger partial charge < -0.3 is 4.42 Å². The standard InChI is InChI=1S/C16H12ClNOS/c1-9-18-11-7-16(2,17)8-13-14(15(11)20-9)10-5-3-4-6-12(10)19-13/h3-8H,1-2H3. The third kappa shape index (κ3) is 1.74. The van der Waals surface area contributed by atoms with Crippen LogP contribution in [0, 0.1) is 16.7 Å². The van der Waals surface area contributed by atoms with Crippen LogP contribution in [0.3, 0.4) is 0 Å². The molecule has 0 spiro atoms. The molecule has 1 aromatic carbocycles. The van der Waals surface area contributed by atoms with E-state index < -0.39 is 4.87 Å². The number of aryl methyl sites for hydroxylation is 1. The van der Waals surface area contributed by atoms with Crippen LogP contribution in [0.1, 0.15) is 11.9 Å². The van der Waals surface area contributed by atoms with Crippen molar-refractivity contribution in [1.29, 1.82) is 0 Å². The molecule has 0 fully saturated rings. The van der Waals surface area contributed by atoms with Gasteiger partial charge in [0.1, 0.15) is 11.0 Å². The number of para-hydroxylation sites is 1. The molecule has 0 N–H and O–H groups in total. The molecular weight excluding hydrogens is 290 g/mol. The highest BCUT2D eigenvalue weighted by Gasteiger charge is 2.19. The van der Waals surface area contributed by atoms with Crippen molar-refractivity contribution < 1.29 is 4.42 Å². The molecule has 0 amide bonds. The van der Waals surface area contributed by atoms with Crippen LogP contribution in [0.15, 0.2) is 28.7 Å². The van der Waals surface area contributed by atoms with Gasteiger partial charge in [0.05, 0.1) is 19.8 Å². The number of fused-ring (bicyclic) bond motifs is 4. The van der Waals surface area contributed by atoms with Crippen molar-refractivity contribution in [2.75, 3.05) is 0 Å². The Hall–Kier alpha value is -1.58. The van der Waals surface area contributed by atoms with Gasteiger partial charge >= 0.3 is 0 Å². The molecule has 1 aliphatic rings. The third-order valence-electron chi connectivity index (χ3n) is 3.44. The van der Waals surface area contributed by atoms with Gasteiger partial charge in [-0.2, -0.15) is 0 Å². The highest BCUT2D eigenvalue weighted by atomic mass is 35.5. The average Bonchev–Trinajstić information content (AvgIpc) is 2.85. The van der Waals surface area contributed by atoms with Crippen molar-refractivity contribution >= 4 is 46.1 Å². The second-order valence-electron chi connectivity index (χ2n) is 5.22. The molecule has 1 aliphatic carbocycles. The summed E-state index contributed by atoms with van der Waals surface area (Å²) in [5.74, 6) is 0. The second kappa shape index (κ2) is 3.96. The van der Waals surface area contributed by atoms with Crippen LogP contribution in [0.4, 0.5) is 0 Å². The molecule has 1 atom stereocenters. The summed E-state index contributed by atoms with van der Waals surface area (Å²) >= 11 is 8.25. The van der Waals surface area contributed by atoms with E-state index >= 15 is 0 Å². The van der Waals surface area contributed by atoms with Crippen molar-refractivity contribution in [3.8, 4) is 0 Å². The van der Waals surface area contributed by atoms with Gasteiger partial charge in [-0.05, 0) is 32.1 Å². The van der Waals surface area contributed by atoms with E-state index in [4.69, 9.17) is 16.0 Å². The summed E-state index contributed by atoms with van der Waals surface area (Å²) in [5.41, 5.74) is 1.72. The predicted octanol–water partition coefficient (Wildman–Crippen LogP) is 3.06. The van der Waals surface area contributed by atoms with Gasteiger partial charge in [-0.25, -0.2) is 4.98 Å².